The third kappa shape index (κ3) is 3.38. The average molecular weight is 340 g/mol. The zero-order valence-electron chi connectivity index (χ0n) is 13.2. The topological polar surface area (TPSA) is 70.0 Å². The molecule has 1 spiro atoms. The number of benzene rings is 1. The van der Waals surface area contributed by atoms with Crippen LogP contribution in [0.3, 0.4) is 0 Å². The maximum Gasteiger partial charge on any atom is 0.253 e. The second-order valence-electron chi connectivity index (χ2n) is 6.84. The van der Waals surface area contributed by atoms with Gasteiger partial charge in [-0.1, -0.05) is 11.6 Å². The Hall–Kier alpha value is -1.14. The molecule has 1 aromatic carbocycles. The van der Waals surface area contributed by atoms with E-state index < -0.39 is 17.3 Å². The van der Waals surface area contributed by atoms with Crippen molar-refractivity contribution in [2.24, 2.45) is 0 Å². The average Bonchev–Trinajstić information content (AvgIpc) is 2.52. The molecule has 0 saturated carbocycles. The van der Waals surface area contributed by atoms with Crippen LogP contribution in [0.1, 0.15) is 36.5 Å². The molecule has 3 rings (SSSR count). The first-order valence-electron chi connectivity index (χ1n) is 7.91. The van der Waals surface area contributed by atoms with Crippen LogP contribution in [0.5, 0.6) is 0 Å². The van der Waals surface area contributed by atoms with Crippen molar-refractivity contribution in [3.63, 3.8) is 0 Å². The number of halogens is 1. The van der Waals surface area contributed by atoms with Crippen LogP contribution in [0.2, 0.25) is 5.02 Å². The van der Waals surface area contributed by atoms with Gasteiger partial charge in [-0.3, -0.25) is 4.79 Å². The lowest BCUT2D eigenvalue weighted by atomic mass is 9.76. The predicted molar refractivity (Wildman–Crippen MR) is 86.5 cm³/mol. The number of hydrogen-bond acceptors (Lipinski definition) is 4. The van der Waals surface area contributed by atoms with Gasteiger partial charge in [-0.05, 0) is 44.0 Å². The van der Waals surface area contributed by atoms with E-state index in [4.69, 9.17) is 16.3 Å². The lowest BCUT2D eigenvalue weighted by Gasteiger charge is -2.49. The molecule has 0 radical (unpaired) electrons. The number of carbonyl (C=O) groups is 1. The van der Waals surface area contributed by atoms with Crippen LogP contribution in [0.25, 0.3) is 0 Å². The molecule has 2 saturated heterocycles. The second-order valence-corrected chi connectivity index (χ2v) is 7.28. The fourth-order valence-electron chi connectivity index (χ4n) is 3.47. The molecule has 5 nitrogen and oxygen atoms in total. The Kier molecular flexibility index (Phi) is 4.40. The second kappa shape index (κ2) is 6.06. The van der Waals surface area contributed by atoms with Crippen LogP contribution in [0.4, 0.5) is 0 Å². The van der Waals surface area contributed by atoms with Crippen molar-refractivity contribution in [1.29, 1.82) is 0 Å². The standard InChI is InChI=1S/C17H22ClNO4/c1-16(22)11-17(23-10-14(16)20)6-8-19(9-7-17)15(21)12-2-4-13(18)5-3-12/h2-5,14,20,22H,6-11H2,1H3/t14-,16-/m0/s1. The van der Waals surface area contributed by atoms with Crippen molar-refractivity contribution < 1.29 is 19.7 Å². The molecule has 2 aliphatic heterocycles. The Balaban J connectivity index is 1.64. The first-order valence-corrected chi connectivity index (χ1v) is 8.28. The van der Waals surface area contributed by atoms with E-state index in [-0.39, 0.29) is 12.5 Å². The van der Waals surface area contributed by atoms with Crippen LogP contribution < -0.4 is 0 Å². The van der Waals surface area contributed by atoms with Gasteiger partial charge in [0.2, 0.25) is 0 Å². The minimum atomic E-state index is -1.14. The van der Waals surface area contributed by atoms with Gasteiger partial charge in [0.05, 0.1) is 17.8 Å². The Labute approximate surface area is 140 Å². The number of likely N-dealkylation sites (tertiary alicyclic amines) is 1. The molecule has 2 fully saturated rings. The zero-order valence-corrected chi connectivity index (χ0v) is 13.9. The summed E-state index contributed by atoms with van der Waals surface area (Å²) in [5.74, 6) is -0.0147. The molecule has 2 aliphatic rings. The summed E-state index contributed by atoms with van der Waals surface area (Å²) in [7, 11) is 0. The summed E-state index contributed by atoms with van der Waals surface area (Å²) in [5, 5.41) is 20.7. The highest BCUT2D eigenvalue weighted by Crippen LogP contribution is 2.39. The number of nitrogens with zero attached hydrogens (tertiary/aromatic N) is 1. The van der Waals surface area contributed by atoms with Gasteiger partial charge >= 0.3 is 0 Å². The fraction of sp³-hybridized carbons (Fsp3) is 0.588. The Bertz CT molecular complexity index is 579. The fourth-order valence-corrected chi connectivity index (χ4v) is 3.60. The maximum atomic E-state index is 12.5. The molecule has 2 heterocycles. The summed E-state index contributed by atoms with van der Waals surface area (Å²) in [6.07, 6.45) is 0.857. The molecule has 0 aromatic heterocycles. The number of aliphatic hydroxyl groups excluding tert-OH is 1. The van der Waals surface area contributed by atoms with Crippen LogP contribution in [-0.4, -0.2) is 58.0 Å². The SMILES string of the molecule is C[C@]1(O)CC2(CCN(C(=O)c3ccc(Cl)cc3)CC2)OC[C@@H]1O. The van der Waals surface area contributed by atoms with Gasteiger partial charge in [0.1, 0.15) is 6.10 Å². The Morgan fingerprint density at radius 2 is 1.91 bits per heavy atom. The van der Waals surface area contributed by atoms with Crippen molar-refractivity contribution in [2.75, 3.05) is 19.7 Å². The lowest BCUT2D eigenvalue weighted by molar-refractivity contribution is -0.221. The number of amides is 1. The molecule has 0 aliphatic carbocycles. The largest absolute Gasteiger partial charge is 0.388 e. The van der Waals surface area contributed by atoms with Crippen molar-refractivity contribution in [3.05, 3.63) is 34.9 Å². The molecule has 1 aromatic rings. The smallest absolute Gasteiger partial charge is 0.253 e. The first kappa shape index (κ1) is 16.7. The number of ether oxygens (including phenoxy) is 1. The summed E-state index contributed by atoms with van der Waals surface area (Å²) in [6.45, 7) is 2.94. The minimum Gasteiger partial charge on any atom is -0.388 e. The molecular formula is C17H22ClNO4. The Morgan fingerprint density at radius 3 is 2.48 bits per heavy atom. The number of piperidine rings is 1. The number of aliphatic hydroxyl groups is 2. The molecule has 126 valence electrons. The van der Waals surface area contributed by atoms with E-state index in [2.05, 4.69) is 0 Å². The van der Waals surface area contributed by atoms with Gasteiger partial charge in [-0.25, -0.2) is 0 Å². The number of carbonyl (C=O) groups excluding carboxylic acids is 1. The van der Waals surface area contributed by atoms with Gasteiger partial charge in [0.15, 0.2) is 0 Å². The molecule has 2 N–H and O–H groups in total. The third-order valence-corrected chi connectivity index (χ3v) is 5.25. The molecule has 0 bridgehead atoms. The zero-order chi connectivity index (χ0) is 16.7. The van der Waals surface area contributed by atoms with Crippen LogP contribution in [0, 0.1) is 0 Å². The van der Waals surface area contributed by atoms with E-state index in [0.717, 1.165) is 0 Å². The normalized spacial score (nSPS) is 30.4. The number of hydrogen-bond donors (Lipinski definition) is 2. The number of rotatable bonds is 1. The van der Waals surface area contributed by atoms with E-state index in [1.165, 1.54) is 0 Å². The van der Waals surface area contributed by atoms with E-state index in [1.54, 1.807) is 36.1 Å². The van der Waals surface area contributed by atoms with Gasteiger partial charge in [0, 0.05) is 30.1 Å². The summed E-state index contributed by atoms with van der Waals surface area (Å²) >= 11 is 5.85. The highest BCUT2D eigenvalue weighted by atomic mass is 35.5. The molecule has 6 heteroatoms. The molecule has 1 amide bonds. The Morgan fingerprint density at radius 1 is 1.30 bits per heavy atom. The summed E-state index contributed by atoms with van der Waals surface area (Å²) in [5.41, 5.74) is -0.961. The molecule has 2 atom stereocenters. The molecule has 23 heavy (non-hydrogen) atoms. The lowest BCUT2D eigenvalue weighted by Crippen LogP contribution is -2.59. The van der Waals surface area contributed by atoms with Gasteiger partial charge in [0.25, 0.3) is 5.91 Å². The van der Waals surface area contributed by atoms with Crippen LogP contribution in [-0.2, 0) is 4.74 Å². The summed E-state index contributed by atoms with van der Waals surface area (Å²) < 4.78 is 5.84. The highest BCUT2D eigenvalue weighted by molar-refractivity contribution is 6.30. The monoisotopic (exact) mass is 339 g/mol. The quantitative estimate of drug-likeness (QED) is 0.819. The van der Waals surface area contributed by atoms with Gasteiger partial charge in [-0.15, -0.1) is 0 Å². The van der Waals surface area contributed by atoms with E-state index >= 15 is 0 Å². The minimum absolute atomic E-state index is 0.0147. The summed E-state index contributed by atoms with van der Waals surface area (Å²) in [6, 6.07) is 6.88. The van der Waals surface area contributed by atoms with Crippen molar-refractivity contribution in [1.82, 2.24) is 4.90 Å². The van der Waals surface area contributed by atoms with Gasteiger partial charge in [-0.2, -0.15) is 0 Å². The van der Waals surface area contributed by atoms with Crippen LogP contribution in [0.15, 0.2) is 24.3 Å². The van der Waals surface area contributed by atoms with Gasteiger partial charge < -0.3 is 19.8 Å². The van der Waals surface area contributed by atoms with Crippen molar-refractivity contribution in [3.8, 4) is 0 Å². The third-order valence-electron chi connectivity index (χ3n) is 5.00. The maximum absolute atomic E-state index is 12.5. The first-order chi connectivity index (χ1) is 10.8. The van der Waals surface area contributed by atoms with E-state index in [1.807, 2.05) is 0 Å². The highest BCUT2D eigenvalue weighted by Gasteiger charge is 2.48. The summed E-state index contributed by atoms with van der Waals surface area (Å²) in [4.78, 5) is 14.3. The predicted octanol–water partition coefficient (Wildman–Crippen LogP) is 1.85. The van der Waals surface area contributed by atoms with Crippen molar-refractivity contribution in [2.45, 2.75) is 43.5 Å². The molecular weight excluding hydrogens is 318 g/mol. The molecule has 0 unspecified atom stereocenters. The van der Waals surface area contributed by atoms with E-state index in [0.29, 0.717) is 42.9 Å². The van der Waals surface area contributed by atoms with E-state index in [9.17, 15) is 15.0 Å². The van der Waals surface area contributed by atoms with Crippen molar-refractivity contribution >= 4 is 17.5 Å². The van der Waals surface area contributed by atoms with Crippen LogP contribution >= 0.6 is 11.6 Å².